The first-order valence-electron chi connectivity index (χ1n) is 5.98. The second-order valence-corrected chi connectivity index (χ2v) is 4.31. The van der Waals surface area contributed by atoms with Gasteiger partial charge in [-0.25, -0.2) is 9.37 Å². The molecule has 0 aliphatic rings. The topological polar surface area (TPSA) is 42.7 Å². The summed E-state index contributed by atoms with van der Waals surface area (Å²) in [6.45, 7) is 2.85. The highest BCUT2D eigenvalue weighted by Gasteiger charge is 2.05. The average Bonchev–Trinajstić information content (AvgIpc) is 2.76. The van der Waals surface area contributed by atoms with Crippen LogP contribution in [0.25, 0.3) is 0 Å². The molecule has 0 aliphatic carbocycles. The van der Waals surface area contributed by atoms with Gasteiger partial charge in [0.25, 0.3) is 0 Å². The van der Waals surface area contributed by atoms with E-state index in [0.29, 0.717) is 0 Å². The first-order chi connectivity index (χ1) is 8.65. The van der Waals surface area contributed by atoms with Crippen LogP contribution in [0.15, 0.2) is 30.6 Å². The second-order valence-electron chi connectivity index (χ2n) is 4.31. The molecule has 1 heterocycles. The third-order valence-electron chi connectivity index (χ3n) is 2.82. The Hall–Kier alpha value is -1.75. The van der Waals surface area contributed by atoms with Crippen molar-refractivity contribution >= 4 is 0 Å². The van der Waals surface area contributed by atoms with E-state index >= 15 is 0 Å². The van der Waals surface area contributed by atoms with Gasteiger partial charge in [0.1, 0.15) is 12.1 Å². The van der Waals surface area contributed by atoms with E-state index in [4.69, 9.17) is 0 Å². The molecule has 1 atom stereocenters. The third kappa shape index (κ3) is 3.37. The molecule has 0 fully saturated rings. The molecule has 5 heteroatoms. The lowest BCUT2D eigenvalue weighted by molar-refractivity contribution is 0.565. The fourth-order valence-electron chi connectivity index (χ4n) is 1.77. The molecule has 0 radical (unpaired) electrons. The van der Waals surface area contributed by atoms with Crippen LogP contribution in [-0.4, -0.2) is 21.3 Å². The van der Waals surface area contributed by atoms with E-state index < -0.39 is 0 Å². The lowest BCUT2D eigenvalue weighted by Crippen LogP contribution is -2.21. The van der Waals surface area contributed by atoms with Gasteiger partial charge in [0, 0.05) is 26.1 Å². The summed E-state index contributed by atoms with van der Waals surface area (Å²) < 4.78 is 14.5. The Kier molecular flexibility index (Phi) is 4.04. The SMILES string of the molecule is CC(NCCc1ncn(C)n1)c1ccc(F)cc1. The predicted molar refractivity (Wildman–Crippen MR) is 67.5 cm³/mol. The molecule has 2 aromatic rings. The minimum atomic E-state index is -0.205. The van der Waals surface area contributed by atoms with E-state index in [1.807, 2.05) is 7.05 Å². The molecule has 1 aromatic heterocycles. The first-order valence-corrected chi connectivity index (χ1v) is 5.98. The Morgan fingerprint density at radius 1 is 1.33 bits per heavy atom. The van der Waals surface area contributed by atoms with E-state index in [9.17, 15) is 4.39 Å². The predicted octanol–water partition coefficient (Wildman–Crippen LogP) is 1.85. The Morgan fingerprint density at radius 2 is 2.06 bits per heavy atom. The van der Waals surface area contributed by atoms with Gasteiger partial charge in [-0.15, -0.1) is 0 Å². The van der Waals surface area contributed by atoms with Crippen molar-refractivity contribution < 1.29 is 4.39 Å². The van der Waals surface area contributed by atoms with Crippen molar-refractivity contribution in [1.29, 1.82) is 0 Å². The van der Waals surface area contributed by atoms with E-state index in [2.05, 4.69) is 22.3 Å². The monoisotopic (exact) mass is 248 g/mol. The van der Waals surface area contributed by atoms with E-state index in [-0.39, 0.29) is 11.9 Å². The van der Waals surface area contributed by atoms with Crippen molar-refractivity contribution in [1.82, 2.24) is 20.1 Å². The molecule has 0 saturated heterocycles. The zero-order chi connectivity index (χ0) is 13.0. The normalized spacial score (nSPS) is 12.6. The Labute approximate surface area is 106 Å². The molecule has 4 nitrogen and oxygen atoms in total. The lowest BCUT2D eigenvalue weighted by Gasteiger charge is -2.13. The summed E-state index contributed by atoms with van der Waals surface area (Å²) >= 11 is 0. The molecular formula is C13H17FN4. The number of aromatic nitrogens is 3. The van der Waals surface area contributed by atoms with Crippen LogP contribution in [0.5, 0.6) is 0 Å². The number of nitrogens with zero attached hydrogens (tertiary/aromatic N) is 3. The number of aryl methyl sites for hydroxylation is 1. The molecule has 96 valence electrons. The molecule has 1 unspecified atom stereocenters. The highest BCUT2D eigenvalue weighted by Crippen LogP contribution is 2.12. The van der Waals surface area contributed by atoms with E-state index in [1.165, 1.54) is 12.1 Å². The summed E-state index contributed by atoms with van der Waals surface area (Å²) in [4.78, 5) is 4.16. The Bertz CT molecular complexity index is 492. The Morgan fingerprint density at radius 3 is 2.67 bits per heavy atom. The smallest absolute Gasteiger partial charge is 0.151 e. The van der Waals surface area contributed by atoms with Crippen molar-refractivity contribution in [2.75, 3.05) is 6.54 Å². The molecule has 1 aromatic carbocycles. The number of benzene rings is 1. The van der Waals surface area contributed by atoms with Crippen LogP contribution in [0, 0.1) is 5.82 Å². The maximum absolute atomic E-state index is 12.8. The van der Waals surface area contributed by atoms with Gasteiger partial charge in [-0.05, 0) is 24.6 Å². The van der Waals surface area contributed by atoms with Crippen LogP contribution < -0.4 is 5.32 Å². The maximum Gasteiger partial charge on any atom is 0.151 e. The van der Waals surface area contributed by atoms with Gasteiger partial charge in [0.15, 0.2) is 5.82 Å². The molecule has 0 bridgehead atoms. The molecule has 2 rings (SSSR count). The minimum absolute atomic E-state index is 0.189. The van der Waals surface area contributed by atoms with Gasteiger partial charge in [-0.2, -0.15) is 5.10 Å². The van der Waals surface area contributed by atoms with Gasteiger partial charge in [0.05, 0.1) is 0 Å². The molecule has 0 spiro atoms. The summed E-state index contributed by atoms with van der Waals surface area (Å²) in [7, 11) is 1.85. The summed E-state index contributed by atoms with van der Waals surface area (Å²) in [6.07, 6.45) is 2.48. The quantitative estimate of drug-likeness (QED) is 0.878. The molecule has 0 saturated carbocycles. The highest BCUT2D eigenvalue weighted by molar-refractivity contribution is 5.19. The summed E-state index contributed by atoms with van der Waals surface area (Å²) in [5.74, 6) is 0.625. The summed E-state index contributed by atoms with van der Waals surface area (Å²) in [5.41, 5.74) is 1.07. The van der Waals surface area contributed by atoms with Crippen molar-refractivity contribution in [3.05, 3.63) is 47.8 Å². The molecular weight excluding hydrogens is 231 g/mol. The van der Waals surface area contributed by atoms with Crippen LogP contribution >= 0.6 is 0 Å². The number of nitrogens with one attached hydrogen (secondary N) is 1. The van der Waals surface area contributed by atoms with E-state index in [1.54, 1.807) is 23.1 Å². The van der Waals surface area contributed by atoms with Gasteiger partial charge in [-0.1, -0.05) is 12.1 Å². The largest absolute Gasteiger partial charge is 0.310 e. The van der Waals surface area contributed by atoms with Crippen LogP contribution in [0.2, 0.25) is 0 Å². The average molecular weight is 248 g/mol. The fourth-order valence-corrected chi connectivity index (χ4v) is 1.77. The van der Waals surface area contributed by atoms with E-state index in [0.717, 1.165) is 24.4 Å². The Balaban J connectivity index is 1.81. The van der Waals surface area contributed by atoms with Gasteiger partial charge in [0.2, 0.25) is 0 Å². The van der Waals surface area contributed by atoms with Gasteiger partial charge < -0.3 is 5.32 Å². The summed E-state index contributed by atoms with van der Waals surface area (Å²) in [5, 5.41) is 7.57. The second kappa shape index (κ2) is 5.73. The van der Waals surface area contributed by atoms with Gasteiger partial charge in [-0.3, -0.25) is 4.68 Å². The lowest BCUT2D eigenvalue weighted by atomic mass is 10.1. The first kappa shape index (κ1) is 12.7. The van der Waals surface area contributed by atoms with Gasteiger partial charge >= 0.3 is 0 Å². The van der Waals surface area contributed by atoms with Crippen molar-refractivity contribution in [2.24, 2.45) is 7.05 Å². The third-order valence-corrected chi connectivity index (χ3v) is 2.82. The van der Waals surface area contributed by atoms with Crippen molar-refractivity contribution in [3.63, 3.8) is 0 Å². The van der Waals surface area contributed by atoms with Crippen molar-refractivity contribution in [2.45, 2.75) is 19.4 Å². The zero-order valence-electron chi connectivity index (χ0n) is 10.6. The zero-order valence-corrected chi connectivity index (χ0v) is 10.6. The van der Waals surface area contributed by atoms with Crippen LogP contribution in [0.4, 0.5) is 4.39 Å². The fraction of sp³-hybridized carbons (Fsp3) is 0.385. The standard InChI is InChI=1S/C13H17FN4/c1-10(11-3-5-12(14)6-4-11)15-8-7-13-16-9-18(2)17-13/h3-6,9-10,15H,7-8H2,1-2H3. The summed E-state index contributed by atoms with van der Waals surface area (Å²) in [6, 6.07) is 6.74. The number of halogens is 1. The van der Waals surface area contributed by atoms with Crippen LogP contribution in [0.3, 0.4) is 0 Å². The molecule has 18 heavy (non-hydrogen) atoms. The molecule has 1 N–H and O–H groups in total. The maximum atomic E-state index is 12.8. The van der Waals surface area contributed by atoms with Crippen LogP contribution in [-0.2, 0) is 13.5 Å². The minimum Gasteiger partial charge on any atom is -0.310 e. The molecule has 0 amide bonds. The van der Waals surface area contributed by atoms with Crippen molar-refractivity contribution in [3.8, 4) is 0 Å². The number of hydrogen-bond donors (Lipinski definition) is 1. The van der Waals surface area contributed by atoms with Crippen LogP contribution in [0.1, 0.15) is 24.4 Å². The number of hydrogen-bond acceptors (Lipinski definition) is 3. The highest BCUT2D eigenvalue weighted by atomic mass is 19.1. The molecule has 0 aliphatic heterocycles. The number of rotatable bonds is 5.